The first-order valence-corrected chi connectivity index (χ1v) is 7.48. The summed E-state index contributed by atoms with van der Waals surface area (Å²) in [4.78, 5) is 16.1. The maximum absolute atomic E-state index is 11.6. The number of amidine groups is 1. The molecule has 0 aromatic rings. The van der Waals surface area contributed by atoms with E-state index in [4.69, 9.17) is 4.74 Å². The van der Waals surface area contributed by atoms with Crippen LogP contribution in [0.3, 0.4) is 0 Å². The van der Waals surface area contributed by atoms with Gasteiger partial charge in [-0.3, -0.25) is 4.79 Å². The Morgan fingerprint density at radius 2 is 2.33 bits per heavy atom. The van der Waals surface area contributed by atoms with Gasteiger partial charge in [0.25, 0.3) is 0 Å². The number of nitrogens with one attached hydrogen (secondary N) is 2. The van der Waals surface area contributed by atoms with Crippen molar-refractivity contribution in [2.24, 2.45) is 4.99 Å². The van der Waals surface area contributed by atoms with Gasteiger partial charge in [0, 0.05) is 25.5 Å². The highest BCUT2D eigenvalue weighted by Crippen LogP contribution is 2.31. The highest BCUT2D eigenvalue weighted by Gasteiger charge is 2.38. The van der Waals surface area contributed by atoms with Crippen LogP contribution in [-0.2, 0) is 9.53 Å². The van der Waals surface area contributed by atoms with Crippen molar-refractivity contribution in [3.63, 3.8) is 0 Å². The molecule has 1 amide bonds. The monoisotopic (exact) mass is 271 g/mol. The second-order valence-electron chi connectivity index (χ2n) is 4.81. The molecule has 1 spiro atoms. The summed E-state index contributed by atoms with van der Waals surface area (Å²) in [6, 6.07) is -0.324. The highest BCUT2D eigenvalue weighted by atomic mass is 32.2. The van der Waals surface area contributed by atoms with Gasteiger partial charge in [0.15, 0.2) is 5.17 Å². The lowest BCUT2D eigenvalue weighted by molar-refractivity contribution is -0.121. The molecular weight excluding hydrogens is 250 g/mol. The quantitative estimate of drug-likeness (QED) is 0.795. The predicted octanol–water partition coefficient (Wildman–Crippen LogP) is 0.753. The number of rotatable bonds is 3. The van der Waals surface area contributed by atoms with E-state index in [0.717, 1.165) is 37.0 Å². The van der Waals surface area contributed by atoms with E-state index >= 15 is 0 Å². The van der Waals surface area contributed by atoms with E-state index in [1.807, 2.05) is 13.8 Å². The number of nitrogens with zero attached hydrogens (tertiary/aromatic N) is 1. The van der Waals surface area contributed by atoms with Crippen LogP contribution >= 0.6 is 11.8 Å². The molecule has 0 aromatic heterocycles. The van der Waals surface area contributed by atoms with Crippen molar-refractivity contribution in [3.05, 3.63) is 0 Å². The molecule has 1 unspecified atom stereocenters. The molecule has 0 radical (unpaired) electrons. The third kappa shape index (κ3) is 3.17. The van der Waals surface area contributed by atoms with Gasteiger partial charge >= 0.3 is 0 Å². The lowest BCUT2D eigenvalue weighted by Crippen LogP contribution is -2.48. The summed E-state index contributed by atoms with van der Waals surface area (Å²) in [5.41, 5.74) is 0.142. The Morgan fingerprint density at radius 1 is 1.61 bits per heavy atom. The maximum Gasteiger partial charge on any atom is 0.244 e. The maximum atomic E-state index is 11.6. The third-order valence-electron chi connectivity index (χ3n) is 3.35. The van der Waals surface area contributed by atoms with Crippen molar-refractivity contribution in [1.82, 2.24) is 10.6 Å². The molecule has 5 nitrogen and oxygen atoms in total. The van der Waals surface area contributed by atoms with Gasteiger partial charge in [0.05, 0.1) is 5.54 Å². The Bertz CT molecular complexity index is 340. The minimum Gasteiger partial charge on any atom is -0.381 e. The van der Waals surface area contributed by atoms with Crippen molar-refractivity contribution in [2.75, 3.05) is 25.5 Å². The van der Waals surface area contributed by atoms with Crippen LogP contribution < -0.4 is 10.6 Å². The van der Waals surface area contributed by atoms with Crippen LogP contribution in [0.15, 0.2) is 4.99 Å². The van der Waals surface area contributed by atoms with Gasteiger partial charge in [0.1, 0.15) is 6.04 Å². The van der Waals surface area contributed by atoms with Crippen molar-refractivity contribution < 1.29 is 9.53 Å². The Balaban J connectivity index is 1.93. The van der Waals surface area contributed by atoms with Crippen molar-refractivity contribution in [1.29, 1.82) is 0 Å². The zero-order valence-electron chi connectivity index (χ0n) is 11.0. The fraction of sp³-hybridized carbons (Fsp3) is 0.833. The highest BCUT2D eigenvalue weighted by molar-refractivity contribution is 8.14. The van der Waals surface area contributed by atoms with Crippen molar-refractivity contribution in [2.45, 2.75) is 38.3 Å². The van der Waals surface area contributed by atoms with E-state index in [0.29, 0.717) is 6.54 Å². The van der Waals surface area contributed by atoms with Crippen LogP contribution in [0, 0.1) is 0 Å². The van der Waals surface area contributed by atoms with Gasteiger partial charge in [-0.05, 0) is 26.7 Å². The van der Waals surface area contributed by atoms with E-state index in [-0.39, 0.29) is 17.5 Å². The molecule has 2 heterocycles. The summed E-state index contributed by atoms with van der Waals surface area (Å²) < 4.78 is 5.39. The Morgan fingerprint density at radius 3 is 3.00 bits per heavy atom. The average molecular weight is 271 g/mol. The van der Waals surface area contributed by atoms with Crippen molar-refractivity contribution in [3.8, 4) is 0 Å². The molecule has 2 saturated heterocycles. The molecule has 0 aliphatic carbocycles. The Labute approximate surface area is 112 Å². The first kappa shape index (κ1) is 13.7. The standard InChI is InChI=1S/C12H21N3O2S/c1-3-13-10(16)9(2)14-11-15-12(8-18-11)4-6-17-7-5-12/h9H,3-8H2,1-2H3,(H,13,16)(H,14,15). The zero-order valence-corrected chi connectivity index (χ0v) is 11.8. The number of carbonyl (C=O) groups excluding carboxylic acids is 1. The summed E-state index contributed by atoms with van der Waals surface area (Å²) in [7, 11) is 0. The average Bonchev–Trinajstić information content (AvgIpc) is 2.73. The van der Waals surface area contributed by atoms with Gasteiger partial charge in [-0.15, -0.1) is 0 Å². The van der Waals surface area contributed by atoms with Crippen LogP contribution in [0.1, 0.15) is 26.7 Å². The number of likely N-dealkylation sites (N-methyl/N-ethyl adjacent to an activating group) is 1. The zero-order chi connectivity index (χ0) is 13.0. The number of thioether (sulfide) groups is 1. The molecule has 2 fully saturated rings. The van der Waals surface area contributed by atoms with Gasteiger partial charge < -0.3 is 15.4 Å². The molecule has 102 valence electrons. The van der Waals surface area contributed by atoms with Gasteiger partial charge in [-0.2, -0.15) is 0 Å². The molecule has 2 rings (SSSR count). The van der Waals surface area contributed by atoms with Crippen LogP contribution in [0.4, 0.5) is 0 Å². The van der Waals surface area contributed by atoms with Crippen LogP contribution in [0.25, 0.3) is 0 Å². The number of hydrogen-bond acceptors (Lipinski definition) is 4. The van der Waals surface area contributed by atoms with Gasteiger partial charge in [-0.25, -0.2) is 4.99 Å². The Kier molecular flexibility index (Phi) is 4.50. The van der Waals surface area contributed by atoms with E-state index in [2.05, 4.69) is 15.6 Å². The summed E-state index contributed by atoms with van der Waals surface area (Å²) in [6.07, 6.45) is 2.04. The fourth-order valence-corrected chi connectivity index (χ4v) is 3.46. The number of aliphatic imine (C=N–C) groups is 1. The van der Waals surface area contributed by atoms with Crippen LogP contribution in [-0.4, -0.2) is 48.2 Å². The SMILES string of the molecule is CCNC(=O)C(C)N=C1NC2(CCOCC2)CS1. The number of carbonyl (C=O) groups is 1. The molecule has 18 heavy (non-hydrogen) atoms. The van der Waals surface area contributed by atoms with E-state index in [1.54, 1.807) is 11.8 Å². The summed E-state index contributed by atoms with van der Waals surface area (Å²) in [5.74, 6) is 1.01. The normalized spacial score (nSPS) is 26.0. The Hall–Kier alpha value is -0.750. The minimum absolute atomic E-state index is 0.0136. The second-order valence-corrected chi connectivity index (χ2v) is 5.78. The molecular formula is C12H21N3O2S. The largest absolute Gasteiger partial charge is 0.381 e. The molecule has 1 atom stereocenters. The molecule has 6 heteroatoms. The second kappa shape index (κ2) is 5.93. The lowest BCUT2D eigenvalue weighted by Gasteiger charge is -2.32. The van der Waals surface area contributed by atoms with Gasteiger partial charge in [0.2, 0.25) is 5.91 Å². The predicted molar refractivity (Wildman–Crippen MR) is 74.0 cm³/mol. The molecule has 0 aromatic carbocycles. The number of amides is 1. The summed E-state index contributed by atoms with van der Waals surface area (Å²) in [5, 5.41) is 7.17. The van der Waals surface area contributed by atoms with Crippen LogP contribution in [0.5, 0.6) is 0 Å². The first-order valence-electron chi connectivity index (χ1n) is 6.49. The molecule has 0 saturated carbocycles. The fourth-order valence-electron chi connectivity index (χ4n) is 2.16. The van der Waals surface area contributed by atoms with Crippen LogP contribution in [0.2, 0.25) is 0 Å². The van der Waals surface area contributed by atoms with Crippen molar-refractivity contribution >= 4 is 22.8 Å². The van der Waals surface area contributed by atoms with Gasteiger partial charge in [-0.1, -0.05) is 11.8 Å². The third-order valence-corrected chi connectivity index (χ3v) is 4.53. The lowest BCUT2D eigenvalue weighted by atomic mass is 9.93. The number of ether oxygens (including phenoxy) is 1. The van der Waals surface area contributed by atoms with E-state index in [1.165, 1.54) is 0 Å². The smallest absolute Gasteiger partial charge is 0.244 e. The van der Waals surface area contributed by atoms with E-state index < -0.39 is 0 Å². The molecule has 0 bridgehead atoms. The summed E-state index contributed by atoms with van der Waals surface area (Å²) >= 11 is 1.71. The molecule has 2 N–H and O–H groups in total. The molecule has 2 aliphatic rings. The number of hydrogen-bond donors (Lipinski definition) is 2. The minimum atomic E-state index is -0.324. The first-order chi connectivity index (χ1) is 8.65. The topological polar surface area (TPSA) is 62.7 Å². The molecule has 2 aliphatic heterocycles. The van der Waals surface area contributed by atoms with E-state index in [9.17, 15) is 4.79 Å². The summed E-state index contributed by atoms with van der Waals surface area (Å²) in [6.45, 7) is 6.02.